The van der Waals surface area contributed by atoms with Crippen LogP contribution in [-0.2, 0) is 11.3 Å². The van der Waals surface area contributed by atoms with Crippen molar-refractivity contribution in [3.63, 3.8) is 0 Å². The summed E-state index contributed by atoms with van der Waals surface area (Å²) in [6, 6.07) is 7.46. The van der Waals surface area contributed by atoms with Crippen LogP contribution < -0.4 is 10.5 Å². The first-order chi connectivity index (χ1) is 8.83. The molecule has 1 heterocycles. The standard InChI is InChI=1S/C12H15N3O3/c1-16-10-4-2-3-9(7-10)12-14-11(18-15-12)8-17-6-5-13/h2-4,7H,5-6,8,13H2,1H3. The second-order valence-corrected chi connectivity index (χ2v) is 3.58. The molecule has 2 aromatic rings. The lowest BCUT2D eigenvalue weighted by Crippen LogP contribution is -2.08. The van der Waals surface area contributed by atoms with Crippen LogP contribution in [0.2, 0.25) is 0 Å². The monoisotopic (exact) mass is 249 g/mol. The molecule has 0 radical (unpaired) electrons. The maximum absolute atomic E-state index is 5.32. The normalized spacial score (nSPS) is 10.6. The minimum atomic E-state index is 0.272. The van der Waals surface area contributed by atoms with Gasteiger partial charge in [-0.3, -0.25) is 0 Å². The van der Waals surface area contributed by atoms with Gasteiger partial charge >= 0.3 is 0 Å². The van der Waals surface area contributed by atoms with Crippen LogP contribution in [0.4, 0.5) is 0 Å². The summed E-state index contributed by atoms with van der Waals surface area (Å²) in [5.41, 5.74) is 6.15. The van der Waals surface area contributed by atoms with Crippen molar-refractivity contribution in [2.75, 3.05) is 20.3 Å². The van der Waals surface area contributed by atoms with Crippen LogP contribution in [0.1, 0.15) is 5.89 Å². The van der Waals surface area contributed by atoms with Crippen molar-refractivity contribution >= 4 is 0 Å². The largest absolute Gasteiger partial charge is 0.497 e. The summed E-state index contributed by atoms with van der Waals surface area (Å²) in [6.07, 6.45) is 0. The van der Waals surface area contributed by atoms with Gasteiger partial charge in [0.1, 0.15) is 12.4 Å². The van der Waals surface area contributed by atoms with Crippen LogP contribution in [0, 0.1) is 0 Å². The molecule has 1 aromatic heterocycles. The molecule has 0 aliphatic carbocycles. The van der Waals surface area contributed by atoms with Crippen LogP contribution in [0.3, 0.4) is 0 Å². The third-order valence-electron chi connectivity index (χ3n) is 2.28. The van der Waals surface area contributed by atoms with E-state index in [1.165, 1.54) is 0 Å². The summed E-state index contributed by atoms with van der Waals surface area (Å²) in [5, 5.41) is 3.89. The zero-order valence-corrected chi connectivity index (χ0v) is 10.1. The number of nitrogens with two attached hydrogens (primary N) is 1. The fourth-order valence-electron chi connectivity index (χ4n) is 1.44. The Morgan fingerprint density at radius 1 is 1.39 bits per heavy atom. The van der Waals surface area contributed by atoms with Crippen molar-refractivity contribution in [2.45, 2.75) is 6.61 Å². The molecule has 96 valence electrons. The third-order valence-corrected chi connectivity index (χ3v) is 2.28. The topological polar surface area (TPSA) is 83.4 Å². The molecule has 0 saturated heterocycles. The summed E-state index contributed by atoms with van der Waals surface area (Å²) in [5.74, 6) is 1.69. The predicted octanol–water partition coefficient (Wildman–Crippen LogP) is 1.22. The number of nitrogens with zero attached hydrogens (tertiary/aromatic N) is 2. The van der Waals surface area contributed by atoms with Gasteiger partial charge in [-0.05, 0) is 12.1 Å². The van der Waals surface area contributed by atoms with E-state index in [4.69, 9.17) is 19.7 Å². The van der Waals surface area contributed by atoms with Gasteiger partial charge in [-0.1, -0.05) is 17.3 Å². The molecule has 0 spiro atoms. The van der Waals surface area contributed by atoms with Gasteiger partial charge in [0, 0.05) is 12.1 Å². The second kappa shape index (κ2) is 6.13. The van der Waals surface area contributed by atoms with E-state index in [2.05, 4.69) is 10.1 Å². The van der Waals surface area contributed by atoms with Gasteiger partial charge < -0.3 is 19.7 Å². The van der Waals surface area contributed by atoms with Gasteiger partial charge in [0.05, 0.1) is 13.7 Å². The van der Waals surface area contributed by atoms with E-state index in [0.717, 1.165) is 11.3 Å². The van der Waals surface area contributed by atoms with Crippen LogP contribution in [0.25, 0.3) is 11.4 Å². The molecule has 0 fully saturated rings. The van der Waals surface area contributed by atoms with Crippen molar-refractivity contribution in [1.29, 1.82) is 0 Å². The molecule has 6 heteroatoms. The predicted molar refractivity (Wildman–Crippen MR) is 65.0 cm³/mol. The van der Waals surface area contributed by atoms with E-state index in [9.17, 15) is 0 Å². The summed E-state index contributed by atoms with van der Waals surface area (Å²) in [4.78, 5) is 4.23. The molecular weight excluding hydrogens is 234 g/mol. The molecule has 0 saturated carbocycles. The Balaban J connectivity index is 2.08. The molecule has 0 aliphatic heterocycles. The molecule has 6 nitrogen and oxygen atoms in total. The lowest BCUT2D eigenvalue weighted by atomic mass is 10.2. The van der Waals surface area contributed by atoms with Gasteiger partial charge in [-0.15, -0.1) is 0 Å². The van der Waals surface area contributed by atoms with Gasteiger partial charge in [-0.25, -0.2) is 0 Å². The molecule has 0 amide bonds. The maximum Gasteiger partial charge on any atom is 0.252 e. The number of aromatic nitrogens is 2. The SMILES string of the molecule is COc1cccc(-c2noc(COCCN)n2)c1. The Bertz CT molecular complexity index is 499. The summed E-state index contributed by atoms with van der Waals surface area (Å²) in [6.45, 7) is 1.21. The Morgan fingerprint density at radius 3 is 3.06 bits per heavy atom. The fourth-order valence-corrected chi connectivity index (χ4v) is 1.44. The lowest BCUT2D eigenvalue weighted by Gasteiger charge is -1.99. The van der Waals surface area contributed by atoms with Crippen LogP contribution in [0.15, 0.2) is 28.8 Å². The Labute approximate surface area is 105 Å². The minimum Gasteiger partial charge on any atom is -0.497 e. The average Bonchev–Trinajstić information content (AvgIpc) is 2.88. The van der Waals surface area contributed by atoms with Crippen LogP contribution in [-0.4, -0.2) is 30.4 Å². The van der Waals surface area contributed by atoms with Crippen LogP contribution >= 0.6 is 0 Å². The van der Waals surface area contributed by atoms with Gasteiger partial charge in [0.15, 0.2) is 0 Å². The van der Waals surface area contributed by atoms with Crippen molar-refractivity contribution in [3.05, 3.63) is 30.2 Å². The van der Waals surface area contributed by atoms with Gasteiger partial charge in [0.25, 0.3) is 5.89 Å². The van der Waals surface area contributed by atoms with E-state index in [-0.39, 0.29) is 6.61 Å². The van der Waals surface area contributed by atoms with E-state index >= 15 is 0 Å². The summed E-state index contributed by atoms with van der Waals surface area (Å²) in [7, 11) is 1.61. The molecule has 0 atom stereocenters. The Kier molecular flexibility index (Phi) is 4.27. The zero-order chi connectivity index (χ0) is 12.8. The van der Waals surface area contributed by atoms with Crippen molar-refractivity contribution in [1.82, 2.24) is 10.1 Å². The van der Waals surface area contributed by atoms with E-state index < -0.39 is 0 Å². The highest BCUT2D eigenvalue weighted by atomic mass is 16.5. The molecule has 0 aliphatic rings. The highest BCUT2D eigenvalue weighted by Crippen LogP contribution is 2.21. The first-order valence-electron chi connectivity index (χ1n) is 5.58. The molecule has 0 bridgehead atoms. The molecule has 18 heavy (non-hydrogen) atoms. The fraction of sp³-hybridized carbons (Fsp3) is 0.333. The van der Waals surface area contributed by atoms with Crippen molar-refractivity contribution < 1.29 is 14.0 Å². The minimum absolute atomic E-state index is 0.272. The quantitative estimate of drug-likeness (QED) is 0.775. The maximum atomic E-state index is 5.32. The molecular formula is C12H15N3O3. The van der Waals surface area contributed by atoms with Gasteiger partial charge in [0.2, 0.25) is 5.82 Å². The van der Waals surface area contributed by atoms with Crippen molar-refractivity contribution in [2.24, 2.45) is 5.73 Å². The molecule has 1 aromatic carbocycles. The summed E-state index contributed by atoms with van der Waals surface area (Å²) < 4.78 is 15.4. The highest BCUT2D eigenvalue weighted by Gasteiger charge is 2.09. The number of benzene rings is 1. The van der Waals surface area contributed by atoms with Crippen molar-refractivity contribution in [3.8, 4) is 17.1 Å². The lowest BCUT2D eigenvalue weighted by molar-refractivity contribution is 0.104. The van der Waals surface area contributed by atoms with E-state index in [1.807, 2.05) is 24.3 Å². The van der Waals surface area contributed by atoms with Crippen LogP contribution in [0.5, 0.6) is 5.75 Å². The number of hydrogen-bond donors (Lipinski definition) is 1. The zero-order valence-electron chi connectivity index (χ0n) is 10.1. The second-order valence-electron chi connectivity index (χ2n) is 3.58. The number of methoxy groups -OCH3 is 1. The first kappa shape index (κ1) is 12.5. The smallest absolute Gasteiger partial charge is 0.252 e. The molecule has 2 N–H and O–H groups in total. The first-order valence-corrected chi connectivity index (χ1v) is 5.58. The number of rotatable bonds is 6. The molecule has 2 rings (SSSR count). The van der Waals surface area contributed by atoms with E-state index in [0.29, 0.717) is 24.9 Å². The third kappa shape index (κ3) is 3.06. The summed E-state index contributed by atoms with van der Waals surface area (Å²) >= 11 is 0. The Morgan fingerprint density at radius 2 is 2.28 bits per heavy atom. The van der Waals surface area contributed by atoms with E-state index in [1.54, 1.807) is 7.11 Å². The highest BCUT2D eigenvalue weighted by molar-refractivity contribution is 5.56. The number of hydrogen-bond acceptors (Lipinski definition) is 6. The Hall–Kier alpha value is -1.92. The number of ether oxygens (including phenoxy) is 2. The molecule has 0 unspecified atom stereocenters. The van der Waals surface area contributed by atoms with Gasteiger partial charge in [-0.2, -0.15) is 4.98 Å². The average molecular weight is 249 g/mol.